The van der Waals surface area contributed by atoms with Gasteiger partial charge in [-0.1, -0.05) is 40.2 Å². The fourth-order valence-corrected chi connectivity index (χ4v) is 3.40. The highest BCUT2D eigenvalue weighted by Crippen LogP contribution is 2.38. The van der Waals surface area contributed by atoms with Gasteiger partial charge < -0.3 is 5.32 Å². The Hall–Kier alpha value is -1.19. The SMILES string of the molecule is C[C@@H](NC1CC(c2ccc(F)cc2)C1)c1cccc(Br)c1. The van der Waals surface area contributed by atoms with E-state index in [9.17, 15) is 4.39 Å². The minimum Gasteiger partial charge on any atom is -0.307 e. The highest BCUT2D eigenvalue weighted by atomic mass is 79.9. The van der Waals surface area contributed by atoms with Crippen molar-refractivity contribution in [1.82, 2.24) is 5.32 Å². The molecule has 0 spiro atoms. The largest absolute Gasteiger partial charge is 0.307 e. The summed E-state index contributed by atoms with van der Waals surface area (Å²) >= 11 is 3.52. The second-order valence-electron chi connectivity index (χ2n) is 5.86. The molecule has 3 heteroatoms. The molecule has 1 atom stereocenters. The van der Waals surface area contributed by atoms with Crippen LogP contribution in [0.1, 0.15) is 42.9 Å². The fraction of sp³-hybridized carbons (Fsp3) is 0.333. The highest BCUT2D eigenvalue weighted by molar-refractivity contribution is 9.10. The Morgan fingerprint density at radius 2 is 1.86 bits per heavy atom. The van der Waals surface area contributed by atoms with Crippen LogP contribution in [0.5, 0.6) is 0 Å². The van der Waals surface area contributed by atoms with E-state index in [4.69, 9.17) is 0 Å². The second kappa shape index (κ2) is 6.29. The van der Waals surface area contributed by atoms with Crippen molar-refractivity contribution in [2.75, 3.05) is 0 Å². The van der Waals surface area contributed by atoms with Crippen LogP contribution in [0.3, 0.4) is 0 Å². The van der Waals surface area contributed by atoms with Crippen molar-refractivity contribution in [3.63, 3.8) is 0 Å². The lowest BCUT2D eigenvalue weighted by Gasteiger charge is -2.38. The third-order valence-corrected chi connectivity index (χ3v) is 4.81. The number of nitrogens with one attached hydrogen (secondary N) is 1. The molecule has 1 saturated carbocycles. The van der Waals surface area contributed by atoms with E-state index in [0.717, 1.165) is 17.3 Å². The van der Waals surface area contributed by atoms with Crippen LogP contribution in [0.15, 0.2) is 53.0 Å². The van der Waals surface area contributed by atoms with Gasteiger partial charge in [0.1, 0.15) is 5.82 Å². The predicted molar refractivity (Wildman–Crippen MR) is 87.9 cm³/mol. The third kappa shape index (κ3) is 3.53. The summed E-state index contributed by atoms with van der Waals surface area (Å²) in [7, 11) is 0. The molecular formula is C18H19BrFN. The average molecular weight is 348 g/mol. The van der Waals surface area contributed by atoms with Crippen LogP contribution in [0, 0.1) is 5.82 Å². The van der Waals surface area contributed by atoms with Crippen molar-refractivity contribution < 1.29 is 4.39 Å². The maximum atomic E-state index is 12.9. The van der Waals surface area contributed by atoms with Crippen LogP contribution >= 0.6 is 15.9 Å². The van der Waals surface area contributed by atoms with Crippen LogP contribution in [0.25, 0.3) is 0 Å². The van der Waals surface area contributed by atoms with Gasteiger partial charge in [0.05, 0.1) is 0 Å². The van der Waals surface area contributed by atoms with Crippen molar-refractivity contribution in [3.8, 4) is 0 Å². The fourth-order valence-electron chi connectivity index (χ4n) is 2.99. The van der Waals surface area contributed by atoms with Crippen LogP contribution in [0.2, 0.25) is 0 Å². The van der Waals surface area contributed by atoms with E-state index in [1.165, 1.54) is 11.1 Å². The normalized spacial score (nSPS) is 22.6. The van der Waals surface area contributed by atoms with E-state index in [-0.39, 0.29) is 5.82 Å². The Kier molecular flexibility index (Phi) is 4.41. The van der Waals surface area contributed by atoms with Crippen molar-refractivity contribution in [3.05, 3.63) is 69.9 Å². The van der Waals surface area contributed by atoms with Gasteiger partial charge in [0, 0.05) is 16.6 Å². The Morgan fingerprint density at radius 3 is 2.52 bits per heavy atom. The smallest absolute Gasteiger partial charge is 0.123 e. The number of halogens is 2. The molecule has 1 fully saturated rings. The van der Waals surface area contributed by atoms with Gasteiger partial charge in [-0.2, -0.15) is 0 Å². The van der Waals surface area contributed by atoms with E-state index in [1.807, 2.05) is 18.2 Å². The lowest BCUT2D eigenvalue weighted by atomic mass is 9.75. The average Bonchev–Trinajstić information content (AvgIpc) is 2.43. The summed E-state index contributed by atoms with van der Waals surface area (Å²) in [6, 6.07) is 16.3. The summed E-state index contributed by atoms with van der Waals surface area (Å²) in [5.74, 6) is 0.411. The van der Waals surface area contributed by atoms with Gasteiger partial charge in [0.15, 0.2) is 0 Å². The lowest BCUT2D eigenvalue weighted by Crippen LogP contribution is -2.41. The predicted octanol–water partition coefficient (Wildman–Crippen LogP) is 5.19. The molecule has 2 aromatic carbocycles. The zero-order valence-electron chi connectivity index (χ0n) is 12.0. The molecule has 0 heterocycles. The van der Waals surface area contributed by atoms with Gasteiger partial charge in [-0.25, -0.2) is 4.39 Å². The first-order valence-corrected chi connectivity index (χ1v) is 8.18. The van der Waals surface area contributed by atoms with Crippen LogP contribution in [0.4, 0.5) is 4.39 Å². The maximum Gasteiger partial charge on any atom is 0.123 e. The number of benzene rings is 2. The molecule has 1 nitrogen and oxygen atoms in total. The molecule has 1 N–H and O–H groups in total. The molecule has 0 unspecified atom stereocenters. The molecule has 1 aliphatic rings. The first kappa shape index (κ1) is 14.7. The lowest BCUT2D eigenvalue weighted by molar-refractivity contribution is 0.271. The molecule has 1 aliphatic carbocycles. The van der Waals surface area contributed by atoms with Gasteiger partial charge in [0.2, 0.25) is 0 Å². The van der Waals surface area contributed by atoms with E-state index in [1.54, 1.807) is 12.1 Å². The summed E-state index contributed by atoms with van der Waals surface area (Å²) < 4.78 is 14.0. The van der Waals surface area contributed by atoms with Gasteiger partial charge >= 0.3 is 0 Å². The molecule has 0 amide bonds. The standard InChI is InChI=1S/C18H19BrFN/c1-12(14-3-2-4-16(19)9-14)21-18-10-15(11-18)13-5-7-17(20)8-6-13/h2-9,12,15,18,21H,10-11H2,1H3/t12-,15?,18?/m1/s1. The van der Waals surface area contributed by atoms with E-state index in [2.05, 4.69) is 46.4 Å². The topological polar surface area (TPSA) is 12.0 Å². The molecule has 2 aromatic rings. The van der Waals surface area contributed by atoms with Gasteiger partial charge in [0.25, 0.3) is 0 Å². The van der Waals surface area contributed by atoms with Crippen molar-refractivity contribution in [2.45, 2.75) is 37.8 Å². The van der Waals surface area contributed by atoms with Crippen molar-refractivity contribution >= 4 is 15.9 Å². The molecule has 21 heavy (non-hydrogen) atoms. The van der Waals surface area contributed by atoms with Gasteiger partial charge in [-0.3, -0.25) is 0 Å². The summed E-state index contributed by atoms with van der Waals surface area (Å²) in [5.41, 5.74) is 2.55. The van der Waals surface area contributed by atoms with Gasteiger partial charge in [-0.05, 0) is 61.1 Å². The monoisotopic (exact) mass is 347 g/mol. The van der Waals surface area contributed by atoms with Crippen LogP contribution in [-0.4, -0.2) is 6.04 Å². The Balaban J connectivity index is 1.54. The molecule has 0 aliphatic heterocycles. The van der Waals surface area contributed by atoms with E-state index >= 15 is 0 Å². The van der Waals surface area contributed by atoms with Gasteiger partial charge in [-0.15, -0.1) is 0 Å². The highest BCUT2D eigenvalue weighted by Gasteiger charge is 2.31. The minimum atomic E-state index is -0.156. The molecule has 3 rings (SSSR count). The molecule has 0 bridgehead atoms. The maximum absolute atomic E-state index is 12.9. The quantitative estimate of drug-likeness (QED) is 0.802. The number of rotatable bonds is 4. The summed E-state index contributed by atoms with van der Waals surface area (Å²) in [4.78, 5) is 0. The number of hydrogen-bond acceptors (Lipinski definition) is 1. The minimum absolute atomic E-state index is 0.156. The van der Waals surface area contributed by atoms with Crippen LogP contribution in [-0.2, 0) is 0 Å². The third-order valence-electron chi connectivity index (χ3n) is 4.31. The molecule has 110 valence electrons. The summed E-state index contributed by atoms with van der Waals surface area (Å²) in [6.07, 6.45) is 2.26. The molecule has 0 radical (unpaired) electrons. The molecule has 0 saturated heterocycles. The Morgan fingerprint density at radius 1 is 1.14 bits per heavy atom. The second-order valence-corrected chi connectivity index (χ2v) is 6.78. The zero-order chi connectivity index (χ0) is 14.8. The Bertz CT molecular complexity index is 605. The van der Waals surface area contributed by atoms with Crippen molar-refractivity contribution in [2.24, 2.45) is 0 Å². The Labute approximate surface area is 133 Å². The zero-order valence-corrected chi connectivity index (χ0v) is 13.6. The molecular weight excluding hydrogens is 329 g/mol. The molecule has 0 aromatic heterocycles. The van der Waals surface area contributed by atoms with E-state index < -0.39 is 0 Å². The first-order valence-electron chi connectivity index (χ1n) is 7.39. The van der Waals surface area contributed by atoms with Crippen LogP contribution < -0.4 is 5.32 Å². The number of hydrogen-bond donors (Lipinski definition) is 1. The summed E-state index contributed by atoms with van der Waals surface area (Å²) in [5, 5.41) is 3.68. The first-order chi connectivity index (χ1) is 10.1. The van der Waals surface area contributed by atoms with E-state index in [0.29, 0.717) is 18.0 Å². The summed E-state index contributed by atoms with van der Waals surface area (Å²) in [6.45, 7) is 2.20. The van der Waals surface area contributed by atoms with Crippen molar-refractivity contribution in [1.29, 1.82) is 0 Å².